The number of carbonyl (C=O) groups excluding carboxylic acids is 4. The number of amides is 3. The van der Waals surface area contributed by atoms with E-state index in [1.54, 1.807) is 48.2 Å². The van der Waals surface area contributed by atoms with Crippen LogP contribution in [0.4, 0.5) is 4.79 Å². The number of benzene rings is 1. The second kappa shape index (κ2) is 10.7. The number of esters is 1. The van der Waals surface area contributed by atoms with Crippen molar-refractivity contribution < 1.29 is 28.3 Å². The zero-order valence-corrected chi connectivity index (χ0v) is 19.8. The first-order valence-corrected chi connectivity index (χ1v) is 12.2. The molecule has 34 heavy (non-hydrogen) atoms. The monoisotopic (exact) mass is 482 g/mol. The molecular formula is C25H26N2O6S. The molecule has 8 nitrogen and oxygen atoms in total. The van der Waals surface area contributed by atoms with E-state index in [4.69, 9.17) is 9.15 Å². The Morgan fingerprint density at radius 1 is 1.03 bits per heavy atom. The second-order valence-corrected chi connectivity index (χ2v) is 9.06. The third kappa shape index (κ3) is 5.41. The lowest BCUT2D eigenvalue weighted by atomic mass is 10.1. The fraction of sp³-hybridized carbons (Fsp3) is 0.360. The van der Waals surface area contributed by atoms with Gasteiger partial charge in [-0.05, 0) is 55.8 Å². The van der Waals surface area contributed by atoms with Crippen LogP contribution in [-0.4, -0.2) is 59.1 Å². The van der Waals surface area contributed by atoms with Gasteiger partial charge in [-0.2, -0.15) is 0 Å². The number of imide groups is 1. The molecule has 3 heterocycles. The standard InChI is InChI=1S/C25H26N2O6S/c1-2-32-24(30)18-9-7-17(8-10-18)20-12-11-19(33-20)15-21-23(29)27(25(31)34-21)16-22(28)26-13-5-3-4-6-14-26/h7-12,15H,2-6,13-14,16H2,1H3. The maximum atomic E-state index is 12.8. The van der Waals surface area contributed by atoms with Gasteiger partial charge in [-0.3, -0.25) is 19.3 Å². The largest absolute Gasteiger partial charge is 0.462 e. The van der Waals surface area contributed by atoms with Gasteiger partial charge < -0.3 is 14.1 Å². The summed E-state index contributed by atoms with van der Waals surface area (Å²) >= 11 is 0.801. The van der Waals surface area contributed by atoms with Crippen molar-refractivity contribution in [3.05, 3.63) is 52.6 Å². The summed E-state index contributed by atoms with van der Waals surface area (Å²) in [7, 11) is 0. The van der Waals surface area contributed by atoms with Crippen LogP contribution < -0.4 is 0 Å². The molecule has 3 amide bonds. The molecule has 0 bridgehead atoms. The summed E-state index contributed by atoms with van der Waals surface area (Å²) in [5, 5.41) is -0.458. The predicted octanol–water partition coefficient (Wildman–Crippen LogP) is 4.56. The van der Waals surface area contributed by atoms with Crippen molar-refractivity contribution in [2.24, 2.45) is 0 Å². The number of rotatable bonds is 6. The number of hydrogen-bond acceptors (Lipinski definition) is 7. The number of thioether (sulfide) groups is 1. The first-order chi connectivity index (χ1) is 16.5. The van der Waals surface area contributed by atoms with Crippen molar-refractivity contribution in [3.8, 4) is 11.3 Å². The Balaban J connectivity index is 1.42. The van der Waals surface area contributed by atoms with Crippen LogP contribution in [0.15, 0.2) is 45.7 Å². The molecule has 2 aromatic rings. The highest BCUT2D eigenvalue weighted by Gasteiger charge is 2.37. The van der Waals surface area contributed by atoms with Crippen LogP contribution in [0.1, 0.15) is 48.7 Å². The minimum atomic E-state index is -0.491. The van der Waals surface area contributed by atoms with E-state index in [0.29, 0.717) is 36.8 Å². The topological polar surface area (TPSA) is 97.1 Å². The van der Waals surface area contributed by atoms with Crippen molar-refractivity contribution in [2.45, 2.75) is 32.6 Å². The van der Waals surface area contributed by atoms with Crippen LogP contribution in [-0.2, 0) is 14.3 Å². The van der Waals surface area contributed by atoms with Gasteiger partial charge in [0.25, 0.3) is 11.1 Å². The number of ether oxygens (including phenoxy) is 1. The van der Waals surface area contributed by atoms with Crippen LogP contribution in [0.2, 0.25) is 0 Å². The summed E-state index contributed by atoms with van der Waals surface area (Å²) in [4.78, 5) is 52.6. The van der Waals surface area contributed by atoms with Gasteiger partial charge in [0.15, 0.2) is 0 Å². The summed E-state index contributed by atoms with van der Waals surface area (Å²) in [6, 6.07) is 10.3. The lowest BCUT2D eigenvalue weighted by Gasteiger charge is -2.22. The van der Waals surface area contributed by atoms with Gasteiger partial charge in [0.2, 0.25) is 5.91 Å². The molecule has 0 unspecified atom stereocenters. The van der Waals surface area contributed by atoms with Gasteiger partial charge in [-0.15, -0.1) is 0 Å². The SMILES string of the molecule is CCOC(=O)c1ccc(-c2ccc(C=C3SC(=O)N(CC(=O)N4CCCCCC4)C3=O)o2)cc1. The number of nitrogens with zero attached hydrogens (tertiary/aromatic N) is 2. The average Bonchev–Trinajstić information content (AvgIpc) is 3.26. The molecule has 2 aliphatic heterocycles. The Morgan fingerprint density at radius 2 is 1.74 bits per heavy atom. The van der Waals surface area contributed by atoms with Crippen molar-refractivity contribution in [1.82, 2.24) is 9.80 Å². The number of carbonyl (C=O) groups is 4. The van der Waals surface area contributed by atoms with Crippen LogP contribution >= 0.6 is 11.8 Å². The van der Waals surface area contributed by atoms with Crippen LogP contribution in [0.5, 0.6) is 0 Å². The summed E-state index contributed by atoms with van der Waals surface area (Å²) in [5.41, 5.74) is 1.20. The van der Waals surface area contributed by atoms with Gasteiger partial charge in [-0.1, -0.05) is 25.0 Å². The third-order valence-corrected chi connectivity index (χ3v) is 6.61. The molecule has 1 aromatic heterocycles. The van der Waals surface area contributed by atoms with Crippen LogP contribution in [0, 0.1) is 0 Å². The lowest BCUT2D eigenvalue weighted by molar-refractivity contribution is -0.135. The Kier molecular flexibility index (Phi) is 7.52. The highest BCUT2D eigenvalue weighted by atomic mass is 32.2. The van der Waals surface area contributed by atoms with Gasteiger partial charge >= 0.3 is 5.97 Å². The highest BCUT2D eigenvalue weighted by molar-refractivity contribution is 8.18. The smallest absolute Gasteiger partial charge is 0.338 e. The Hall–Kier alpha value is -3.33. The molecule has 0 N–H and O–H groups in total. The first kappa shape index (κ1) is 23.8. The van der Waals surface area contributed by atoms with Gasteiger partial charge in [-0.25, -0.2) is 4.79 Å². The molecule has 178 valence electrons. The summed E-state index contributed by atoms with van der Waals surface area (Å²) < 4.78 is 10.8. The molecule has 1 aromatic carbocycles. The molecule has 2 fully saturated rings. The van der Waals surface area contributed by atoms with E-state index in [2.05, 4.69) is 0 Å². The van der Waals surface area contributed by atoms with E-state index in [-0.39, 0.29) is 23.3 Å². The normalized spacial score (nSPS) is 17.9. The molecule has 4 rings (SSSR count). The Labute approximate surface area is 201 Å². The molecule has 0 spiro atoms. The van der Waals surface area contributed by atoms with E-state index in [1.165, 1.54) is 6.08 Å². The predicted molar refractivity (Wildman–Crippen MR) is 128 cm³/mol. The number of likely N-dealkylation sites (tertiary alicyclic amines) is 1. The molecule has 2 saturated heterocycles. The van der Waals surface area contributed by atoms with Gasteiger partial charge in [0, 0.05) is 24.7 Å². The molecule has 0 atom stereocenters. The van der Waals surface area contributed by atoms with E-state index in [1.807, 2.05) is 0 Å². The molecule has 2 aliphatic rings. The average molecular weight is 483 g/mol. The third-order valence-electron chi connectivity index (χ3n) is 5.71. The molecular weight excluding hydrogens is 456 g/mol. The van der Waals surface area contributed by atoms with Crippen molar-refractivity contribution in [1.29, 1.82) is 0 Å². The molecule has 0 saturated carbocycles. The van der Waals surface area contributed by atoms with Crippen molar-refractivity contribution in [3.63, 3.8) is 0 Å². The summed E-state index contributed by atoms with van der Waals surface area (Å²) in [5.74, 6) is -0.114. The van der Waals surface area contributed by atoms with Gasteiger partial charge in [0.05, 0.1) is 17.1 Å². The maximum Gasteiger partial charge on any atom is 0.338 e. The lowest BCUT2D eigenvalue weighted by Crippen LogP contribution is -2.42. The maximum absolute atomic E-state index is 12.8. The Bertz CT molecular complexity index is 1110. The van der Waals surface area contributed by atoms with Crippen molar-refractivity contribution >= 4 is 40.9 Å². The fourth-order valence-electron chi connectivity index (χ4n) is 3.89. The number of furan rings is 1. The minimum absolute atomic E-state index is 0.197. The zero-order valence-electron chi connectivity index (χ0n) is 19.0. The highest BCUT2D eigenvalue weighted by Crippen LogP contribution is 2.33. The van der Waals surface area contributed by atoms with E-state index in [9.17, 15) is 19.2 Å². The molecule has 0 aliphatic carbocycles. The fourth-order valence-corrected chi connectivity index (χ4v) is 4.71. The van der Waals surface area contributed by atoms with Crippen molar-refractivity contribution in [2.75, 3.05) is 26.2 Å². The van der Waals surface area contributed by atoms with E-state index < -0.39 is 11.1 Å². The van der Waals surface area contributed by atoms with Crippen LogP contribution in [0.25, 0.3) is 17.4 Å². The molecule has 9 heteroatoms. The van der Waals surface area contributed by atoms with Gasteiger partial charge in [0.1, 0.15) is 18.1 Å². The number of hydrogen-bond donors (Lipinski definition) is 0. The zero-order chi connectivity index (χ0) is 24.1. The molecule has 0 radical (unpaired) electrons. The van der Waals surface area contributed by atoms with E-state index in [0.717, 1.165) is 47.9 Å². The second-order valence-electron chi connectivity index (χ2n) is 8.06. The first-order valence-electron chi connectivity index (χ1n) is 11.4. The summed E-state index contributed by atoms with van der Waals surface area (Å²) in [6.45, 7) is 3.15. The quantitative estimate of drug-likeness (QED) is 0.440. The summed E-state index contributed by atoms with van der Waals surface area (Å²) in [6.07, 6.45) is 5.58. The van der Waals surface area contributed by atoms with E-state index >= 15 is 0 Å². The van der Waals surface area contributed by atoms with Crippen LogP contribution in [0.3, 0.4) is 0 Å². The minimum Gasteiger partial charge on any atom is -0.462 e. The Morgan fingerprint density at radius 3 is 2.41 bits per heavy atom.